The fourth-order valence-corrected chi connectivity index (χ4v) is 5.19. The summed E-state index contributed by atoms with van der Waals surface area (Å²) in [4.78, 5) is 2.52. The van der Waals surface area contributed by atoms with E-state index in [4.69, 9.17) is 21.1 Å². The number of halogens is 1. The summed E-state index contributed by atoms with van der Waals surface area (Å²) >= 11 is 6.27. The van der Waals surface area contributed by atoms with Gasteiger partial charge in [0.15, 0.2) is 0 Å². The second-order valence-corrected chi connectivity index (χ2v) is 9.47. The molecule has 36 heavy (non-hydrogen) atoms. The van der Waals surface area contributed by atoms with Gasteiger partial charge in [-0.3, -0.25) is 4.90 Å². The lowest BCUT2D eigenvalue weighted by Crippen LogP contribution is -2.25. The second kappa shape index (κ2) is 11.0. The number of nitrogens with zero attached hydrogens (tertiary/aromatic N) is 1. The number of methoxy groups -OCH3 is 2. The summed E-state index contributed by atoms with van der Waals surface area (Å²) in [5, 5.41) is 5.51. The van der Waals surface area contributed by atoms with Gasteiger partial charge in [-0.1, -0.05) is 84.4 Å². The number of hydrogen-bond acceptors (Lipinski definition) is 3. The molecule has 0 unspecified atom stereocenters. The molecule has 3 nitrogen and oxygen atoms in total. The van der Waals surface area contributed by atoms with Crippen LogP contribution in [0.5, 0.6) is 11.5 Å². The number of rotatable bonds is 9. The van der Waals surface area contributed by atoms with E-state index in [9.17, 15) is 0 Å². The Morgan fingerprint density at radius 2 is 1.14 bits per heavy atom. The Kier molecular flexibility index (Phi) is 7.41. The molecule has 5 aromatic carbocycles. The van der Waals surface area contributed by atoms with Crippen molar-refractivity contribution in [2.75, 3.05) is 20.8 Å². The highest BCUT2D eigenvalue weighted by molar-refractivity contribution is 6.30. The van der Waals surface area contributed by atoms with E-state index in [2.05, 4.69) is 89.8 Å². The predicted molar refractivity (Wildman–Crippen MR) is 150 cm³/mol. The molecule has 0 aliphatic carbocycles. The molecular formula is C32H30ClNO2. The molecule has 0 spiro atoms. The lowest BCUT2D eigenvalue weighted by Gasteiger charge is -2.25. The summed E-state index contributed by atoms with van der Waals surface area (Å²) in [5.74, 6) is 1.81. The van der Waals surface area contributed by atoms with Crippen molar-refractivity contribution in [3.63, 3.8) is 0 Å². The van der Waals surface area contributed by atoms with Crippen molar-refractivity contribution in [2.45, 2.75) is 19.5 Å². The summed E-state index contributed by atoms with van der Waals surface area (Å²) in [6, 6.07) is 33.7. The van der Waals surface area contributed by atoms with Gasteiger partial charge in [0, 0.05) is 35.4 Å². The molecule has 5 rings (SSSR count). The Labute approximate surface area is 217 Å². The second-order valence-electron chi connectivity index (χ2n) is 9.04. The van der Waals surface area contributed by atoms with Gasteiger partial charge in [0.05, 0.1) is 14.2 Å². The van der Waals surface area contributed by atoms with E-state index in [1.807, 2.05) is 12.1 Å². The monoisotopic (exact) mass is 495 g/mol. The molecule has 0 heterocycles. The highest BCUT2D eigenvalue weighted by Gasteiger charge is 2.14. The van der Waals surface area contributed by atoms with Crippen LogP contribution in [0.4, 0.5) is 0 Å². The molecule has 0 aliphatic rings. The van der Waals surface area contributed by atoms with Crippen molar-refractivity contribution in [2.24, 2.45) is 0 Å². The molecule has 0 aromatic heterocycles. The first-order chi connectivity index (χ1) is 17.7. The first-order valence-corrected chi connectivity index (χ1v) is 12.6. The zero-order chi connectivity index (χ0) is 24.9. The predicted octanol–water partition coefficient (Wildman–Crippen LogP) is 7.91. The SMILES string of the molecule is COc1ccc(CN(CCc2cccc(Cl)c2)Cc2ccc(OC)c3ccccc23)c2ccccc12. The molecule has 182 valence electrons. The Hall–Kier alpha value is -3.53. The minimum atomic E-state index is 0.779. The van der Waals surface area contributed by atoms with Crippen LogP contribution in [0.1, 0.15) is 16.7 Å². The number of ether oxygens (including phenoxy) is 2. The molecule has 0 radical (unpaired) electrons. The zero-order valence-corrected chi connectivity index (χ0v) is 21.5. The third-order valence-electron chi connectivity index (χ3n) is 6.78. The average molecular weight is 496 g/mol. The smallest absolute Gasteiger partial charge is 0.126 e. The maximum absolute atomic E-state index is 6.27. The van der Waals surface area contributed by atoms with Gasteiger partial charge >= 0.3 is 0 Å². The summed E-state index contributed by atoms with van der Waals surface area (Å²) < 4.78 is 11.3. The van der Waals surface area contributed by atoms with Gasteiger partial charge in [-0.25, -0.2) is 0 Å². The van der Waals surface area contributed by atoms with Crippen molar-refractivity contribution < 1.29 is 9.47 Å². The van der Waals surface area contributed by atoms with Crippen LogP contribution < -0.4 is 9.47 Å². The Morgan fingerprint density at radius 1 is 0.611 bits per heavy atom. The van der Waals surface area contributed by atoms with Crippen LogP contribution in [0.15, 0.2) is 97.1 Å². The first kappa shape index (κ1) is 24.2. The summed E-state index contributed by atoms with van der Waals surface area (Å²) in [6.07, 6.45) is 0.919. The number of hydrogen-bond donors (Lipinski definition) is 0. The standard InChI is InChI=1S/C32H30ClNO2/c1-35-31-16-14-24(27-10-3-5-12-29(27)31)21-34(19-18-23-8-7-9-26(33)20-23)22-25-15-17-32(36-2)30-13-6-4-11-28(25)30/h3-17,20H,18-19,21-22H2,1-2H3. The van der Waals surface area contributed by atoms with E-state index in [1.165, 1.54) is 27.5 Å². The first-order valence-electron chi connectivity index (χ1n) is 12.2. The third kappa shape index (κ3) is 5.18. The summed E-state index contributed by atoms with van der Waals surface area (Å²) in [7, 11) is 3.46. The van der Waals surface area contributed by atoms with E-state index in [-0.39, 0.29) is 0 Å². The minimum absolute atomic E-state index is 0.779. The van der Waals surface area contributed by atoms with Crippen molar-refractivity contribution >= 4 is 33.1 Å². The molecule has 0 atom stereocenters. The van der Waals surface area contributed by atoms with Gasteiger partial charge in [0.1, 0.15) is 11.5 Å². The van der Waals surface area contributed by atoms with Crippen LogP contribution in [0.2, 0.25) is 5.02 Å². The van der Waals surface area contributed by atoms with Crippen LogP contribution in [0, 0.1) is 0 Å². The van der Waals surface area contributed by atoms with Crippen molar-refractivity contribution in [3.05, 3.63) is 119 Å². The van der Waals surface area contributed by atoms with E-state index in [1.54, 1.807) is 14.2 Å². The topological polar surface area (TPSA) is 21.7 Å². The Morgan fingerprint density at radius 3 is 1.64 bits per heavy atom. The third-order valence-corrected chi connectivity index (χ3v) is 7.02. The number of benzene rings is 5. The van der Waals surface area contributed by atoms with Gasteiger partial charge in [0.2, 0.25) is 0 Å². The molecule has 4 heteroatoms. The van der Waals surface area contributed by atoms with E-state index in [0.717, 1.165) is 53.3 Å². The van der Waals surface area contributed by atoms with Crippen molar-refractivity contribution in [1.29, 1.82) is 0 Å². The maximum atomic E-state index is 6.27. The van der Waals surface area contributed by atoms with Gasteiger partial charge in [-0.15, -0.1) is 0 Å². The molecule has 5 aromatic rings. The highest BCUT2D eigenvalue weighted by atomic mass is 35.5. The van der Waals surface area contributed by atoms with Crippen molar-refractivity contribution in [1.82, 2.24) is 4.90 Å². The number of fused-ring (bicyclic) bond motifs is 2. The van der Waals surface area contributed by atoms with Gasteiger partial charge < -0.3 is 9.47 Å². The van der Waals surface area contributed by atoms with Gasteiger partial charge in [-0.05, 0) is 58.1 Å². The Bertz CT molecular complexity index is 1410. The van der Waals surface area contributed by atoms with E-state index >= 15 is 0 Å². The Balaban J connectivity index is 1.50. The van der Waals surface area contributed by atoms with Crippen molar-refractivity contribution in [3.8, 4) is 11.5 Å². The lowest BCUT2D eigenvalue weighted by atomic mass is 10.0. The fourth-order valence-electron chi connectivity index (χ4n) is 4.97. The zero-order valence-electron chi connectivity index (χ0n) is 20.7. The summed E-state index contributed by atoms with van der Waals surface area (Å²) in [5.41, 5.74) is 3.82. The molecule has 0 bridgehead atoms. The molecule has 0 saturated carbocycles. The van der Waals surface area contributed by atoms with Crippen LogP contribution in [-0.4, -0.2) is 25.7 Å². The molecular weight excluding hydrogens is 466 g/mol. The fraction of sp³-hybridized carbons (Fsp3) is 0.188. The molecule has 0 saturated heterocycles. The molecule has 0 N–H and O–H groups in total. The van der Waals surface area contributed by atoms with Gasteiger partial charge in [0.25, 0.3) is 0 Å². The summed E-state index contributed by atoms with van der Waals surface area (Å²) in [6.45, 7) is 2.55. The largest absolute Gasteiger partial charge is 0.496 e. The van der Waals surface area contributed by atoms with Gasteiger partial charge in [-0.2, -0.15) is 0 Å². The van der Waals surface area contributed by atoms with Crippen LogP contribution >= 0.6 is 11.6 Å². The molecule has 0 amide bonds. The minimum Gasteiger partial charge on any atom is -0.496 e. The van der Waals surface area contributed by atoms with Crippen LogP contribution in [0.3, 0.4) is 0 Å². The highest BCUT2D eigenvalue weighted by Crippen LogP contribution is 2.32. The molecule has 0 aliphatic heterocycles. The van der Waals surface area contributed by atoms with Crippen LogP contribution in [-0.2, 0) is 19.5 Å². The lowest BCUT2D eigenvalue weighted by molar-refractivity contribution is 0.262. The average Bonchev–Trinajstić information content (AvgIpc) is 2.92. The van der Waals surface area contributed by atoms with Crippen LogP contribution in [0.25, 0.3) is 21.5 Å². The van der Waals surface area contributed by atoms with E-state index < -0.39 is 0 Å². The maximum Gasteiger partial charge on any atom is 0.126 e. The van der Waals surface area contributed by atoms with E-state index in [0.29, 0.717) is 0 Å². The molecule has 0 fully saturated rings. The quantitative estimate of drug-likeness (QED) is 0.207. The normalized spacial score (nSPS) is 11.3.